The highest BCUT2D eigenvalue weighted by molar-refractivity contribution is 5.95. The molecule has 2 aromatic carbocycles. The number of aryl methyl sites for hydroxylation is 1. The normalized spacial score (nSPS) is 17.3. The maximum absolute atomic E-state index is 13.2. The second kappa shape index (κ2) is 8.60. The van der Waals surface area contributed by atoms with Crippen LogP contribution in [-0.4, -0.2) is 28.9 Å². The van der Waals surface area contributed by atoms with Crippen molar-refractivity contribution in [3.05, 3.63) is 83.4 Å². The number of fused-ring (bicyclic) bond motifs is 1. The molecule has 0 bridgehead atoms. The fourth-order valence-electron chi connectivity index (χ4n) is 4.81. The van der Waals surface area contributed by atoms with Crippen LogP contribution in [0.5, 0.6) is 0 Å². The van der Waals surface area contributed by atoms with Crippen LogP contribution in [0.25, 0.3) is 11.1 Å². The molecule has 2 aliphatic rings. The molecule has 1 fully saturated rings. The summed E-state index contributed by atoms with van der Waals surface area (Å²) in [4.78, 5) is 18.8. The molecular formula is C26H26FN3O. The van der Waals surface area contributed by atoms with E-state index in [0.717, 1.165) is 55.7 Å². The Labute approximate surface area is 182 Å². The van der Waals surface area contributed by atoms with E-state index in [0.29, 0.717) is 12.3 Å². The Morgan fingerprint density at radius 3 is 2.61 bits per heavy atom. The number of likely N-dealkylation sites (tertiary alicyclic amines) is 1. The summed E-state index contributed by atoms with van der Waals surface area (Å²) in [7, 11) is 0. The van der Waals surface area contributed by atoms with E-state index in [1.807, 2.05) is 12.4 Å². The van der Waals surface area contributed by atoms with E-state index in [9.17, 15) is 9.18 Å². The minimum atomic E-state index is -0.227. The van der Waals surface area contributed by atoms with Crippen molar-refractivity contribution >= 4 is 11.6 Å². The van der Waals surface area contributed by atoms with Gasteiger partial charge >= 0.3 is 0 Å². The molecule has 1 saturated heterocycles. The van der Waals surface area contributed by atoms with Gasteiger partial charge in [0, 0.05) is 36.6 Å². The van der Waals surface area contributed by atoms with Crippen molar-refractivity contribution in [1.82, 2.24) is 9.88 Å². The van der Waals surface area contributed by atoms with Gasteiger partial charge in [-0.25, -0.2) is 4.39 Å². The molecule has 2 aliphatic heterocycles. The molecule has 3 aromatic rings. The summed E-state index contributed by atoms with van der Waals surface area (Å²) in [5, 5.41) is 3.12. The first-order chi connectivity index (χ1) is 15.2. The summed E-state index contributed by atoms with van der Waals surface area (Å²) in [6, 6.07) is 15.1. The first-order valence-electron chi connectivity index (χ1n) is 11.0. The Hall–Kier alpha value is -3.05. The maximum atomic E-state index is 13.2. The minimum absolute atomic E-state index is 0.130. The molecule has 0 radical (unpaired) electrons. The lowest BCUT2D eigenvalue weighted by Gasteiger charge is -2.34. The van der Waals surface area contributed by atoms with E-state index in [-0.39, 0.29) is 11.7 Å². The highest BCUT2D eigenvalue weighted by Crippen LogP contribution is 2.37. The van der Waals surface area contributed by atoms with Gasteiger partial charge < -0.3 is 5.32 Å². The largest absolute Gasteiger partial charge is 0.326 e. The number of anilines is 1. The molecule has 0 unspecified atom stereocenters. The third-order valence-corrected chi connectivity index (χ3v) is 6.47. The second-order valence-corrected chi connectivity index (χ2v) is 8.57. The first kappa shape index (κ1) is 19.9. The van der Waals surface area contributed by atoms with Gasteiger partial charge in [0.1, 0.15) is 5.82 Å². The first-order valence-corrected chi connectivity index (χ1v) is 11.0. The van der Waals surface area contributed by atoms with Gasteiger partial charge in [-0.1, -0.05) is 30.3 Å². The van der Waals surface area contributed by atoms with Crippen LogP contribution in [0.3, 0.4) is 0 Å². The lowest BCUT2D eigenvalue weighted by atomic mass is 9.85. The SMILES string of the molecule is O=C1CCc2cccc(C3CCN(Cc4cncc(-c5ccc(F)cc5)c4)CC3)c2N1. The summed E-state index contributed by atoms with van der Waals surface area (Å²) < 4.78 is 13.2. The number of amides is 1. The molecular weight excluding hydrogens is 389 g/mol. The van der Waals surface area contributed by atoms with E-state index in [2.05, 4.69) is 39.5 Å². The molecule has 0 spiro atoms. The molecule has 1 aromatic heterocycles. The van der Waals surface area contributed by atoms with Crippen LogP contribution in [0.15, 0.2) is 60.9 Å². The van der Waals surface area contributed by atoms with E-state index in [4.69, 9.17) is 0 Å². The molecule has 0 atom stereocenters. The number of carbonyl (C=O) groups excluding carboxylic acids is 1. The monoisotopic (exact) mass is 415 g/mol. The zero-order valence-corrected chi connectivity index (χ0v) is 17.5. The van der Waals surface area contributed by atoms with Gasteiger partial charge in [-0.3, -0.25) is 14.7 Å². The van der Waals surface area contributed by atoms with Gasteiger partial charge in [0.2, 0.25) is 5.91 Å². The number of benzene rings is 2. The molecule has 158 valence electrons. The second-order valence-electron chi connectivity index (χ2n) is 8.57. The van der Waals surface area contributed by atoms with Gasteiger partial charge in [0.15, 0.2) is 0 Å². The zero-order valence-electron chi connectivity index (χ0n) is 17.5. The van der Waals surface area contributed by atoms with Crippen LogP contribution >= 0.6 is 0 Å². The maximum Gasteiger partial charge on any atom is 0.224 e. The number of halogens is 1. The number of rotatable bonds is 4. The summed E-state index contributed by atoms with van der Waals surface area (Å²) >= 11 is 0. The van der Waals surface area contributed by atoms with Gasteiger partial charge in [0.25, 0.3) is 0 Å². The number of hydrogen-bond donors (Lipinski definition) is 1. The molecule has 1 amide bonds. The van der Waals surface area contributed by atoms with Crippen molar-refractivity contribution in [2.24, 2.45) is 0 Å². The predicted molar refractivity (Wildman–Crippen MR) is 120 cm³/mol. The van der Waals surface area contributed by atoms with Crippen molar-refractivity contribution in [2.75, 3.05) is 18.4 Å². The fourth-order valence-corrected chi connectivity index (χ4v) is 4.81. The van der Waals surface area contributed by atoms with Crippen LogP contribution < -0.4 is 5.32 Å². The highest BCUT2D eigenvalue weighted by Gasteiger charge is 2.26. The Morgan fingerprint density at radius 2 is 1.81 bits per heavy atom. The lowest BCUT2D eigenvalue weighted by molar-refractivity contribution is -0.116. The van der Waals surface area contributed by atoms with E-state index >= 15 is 0 Å². The van der Waals surface area contributed by atoms with E-state index < -0.39 is 0 Å². The summed E-state index contributed by atoms with van der Waals surface area (Å²) in [6.07, 6.45) is 7.33. The third-order valence-electron chi connectivity index (χ3n) is 6.47. The Balaban J connectivity index is 1.25. The van der Waals surface area contributed by atoms with Gasteiger partial charge in [0.05, 0.1) is 0 Å². The Kier molecular flexibility index (Phi) is 5.51. The van der Waals surface area contributed by atoms with Crippen LogP contribution in [-0.2, 0) is 17.8 Å². The van der Waals surface area contributed by atoms with Crippen molar-refractivity contribution in [3.63, 3.8) is 0 Å². The number of hydrogen-bond acceptors (Lipinski definition) is 3. The third kappa shape index (κ3) is 4.37. The van der Waals surface area contributed by atoms with Crippen LogP contribution in [0.1, 0.15) is 41.9 Å². The zero-order chi connectivity index (χ0) is 21.2. The number of para-hydroxylation sites is 1. The van der Waals surface area contributed by atoms with Crippen LogP contribution in [0.2, 0.25) is 0 Å². The molecule has 5 rings (SSSR count). The molecule has 1 N–H and O–H groups in total. The summed E-state index contributed by atoms with van der Waals surface area (Å²) in [5.41, 5.74) is 6.79. The topological polar surface area (TPSA) is 45.2 Å². The summed E-state index contributed by atoms with van der Waals surface area (Å²) in [6.45, 7) is 2.89. The van der Waals surface area contributed by atoms with Crippen molar-refractivity contribution in [1.29, 1.82) is 0 Å². The average molecular weight is 416 g/mol. The number of nitrogens with zero attached hydrogens (tertiary/aromatic N) is 2. The number of carbonyl (C=O) groups is 1. The van der Waals surface area contributed by atoms with Gasteiger partial charge in [-0.15, -0.1) is 0 Å². The molecule has 31 heavy (non-hydrogen) atoms. The molecule has 5 heteroatoms. The number of nitrogens with one attached hydrogen (secondary N) is 1. The van der Waals surface area contributed by atoms with E-state index in [1.165, 1.54) is 28.8 Å². The lowest BCUT2D eigenvalue weighted by Crippen LogP contribution is -2.33. The smallest absolute Gasteiger partial charge is 0.224 e. The quantitative estimate of drug-likeness (QED) is 0.641. The molecule has 0 saturated carbocycles. The van der Waals surface area contributed by atoms with Gasteiger partial charge in [-0.05, 0) is 78.7 Å². The van der Waals surface area contributed by atoms with Crippen LogP contribution in [0.4, 0.5) is 10.1 Å². The predicted octanol–water partition coefficient (Wildman–Crippen LogP) is 5.15. The summed E-state index contributed by atoms with van der Waals surface area (Å²) in [5.74, 6) is 0.383. The fraction of sp³-hybridized carbons (Fsp3) is 0.308. The minimum Gasteiger partial charge on any atom is -0.326 e. The molecule has 0 aliphatic carbocycles. The molecule has 4 nitrogen and oxygen atoms in total. The van der Waals surface area contributed by atoms with Gasteiger partial charge in [-0.2, -0.15) is 0 Å². The highest BCUT2D eigenvalue weighted by atomic mass is 19.1. The van der Waals surface area contributed by atoms with E-state index in [1.54, 1.807) is 12.1 Å². The number of piperidine rings is 1. The van der Waals surface area contributed by atoms with Crippen molar-refractivity contribution < 1.29 is 9.18 Å². The van der Waals surface area contributed by atoms with Crippen molar-refractivity contribution in [2.45, 2.75) is 38.1 Å². The van der Waals surface area contributed by atoms with Crippen LogP contribution in [0, 0.1) is 5.82 Å². The average Bonchev–Trinajstić information content (AvgIpc) is 2.80. The number of pyridine rings is 1. The molecule has 3 heterocycles. The van der Waals surface area contributed by atoms with Crippen molar-refractivity contribution in [3.8, 4) is 11.1 Å². The number of aromatic nitrogens is 1. The Bertz CT molecular complexity index is 1090. The standard InChI is InChI=1S/C26H26FN3O/c27-23-7-4-19(5-8-23)22-14-18(15-28-16-22)17-30-12-10-20(11-13-30)24-3-1-2-21-6-9-25(31)29-26(21)24/h1-5,7-8,14-16,20H,6,9-13,17H2,(H,29,31). The Morgan fingerprint density at radius 1 is 1.00 bits per heavy atom.